The van der Waals surface area contributed by atoms with Crippen molar-refractivity contribution in [3.8, 4) is 0 Å². The van der Waals surface area contributed by atoms with Crippen molar-refractivity contribution in [1.82, 2.24) is 14.8 Å². The Kier molecular flexibility index (Phi) is 6.37. The minimum absolute atomic E-state index is 0.00433. The number of pyridine rings is 1. The first-order valence-electron chi connectivity index (χ1n) is 9.02. The highest BCUT2D eigenvalue weighted by molar-refractivity contribution is 7.21. The molecule has 7 nitrogen and oxygen atoms in total. The number of aryl methyl sites for hydroxylation is 2. The first-order valence-corrected chi connectivity index (χ1v) is 10.2. The molecule has 0 aliphatic carbocycles. The van der Waals surface area contributed by atoms with Gasteiger partial charge in [-0.05, 0) is 25.5 Å². The summed E-state index contributed by atoms with van der Waals surface area (Å²) >= 11 is 6.25. The summed E-state index contributed by atoms with van der Waals surface area (Å²) in [7, 11) is 0. The van der Waals surface area contributed by atoms with E-state index < -0.39 is 40.6 Å². The van der Waals surface area contributed by atoms with Crippen LogP contribution in [0.15, 0.2) is 6.07 Å². The fourth-order valence-corrected chi connectivity index (χ4v) is 4.35. The Hall–Kier alpha value is -2.87. The van der Waals surface area contributed by atoms with Crippen LogP contribution in [0.5, 0.6) is 0 Å². The molecule has 0 atom stereocenters. The van der Waals surface area contributed by atoms with E-state index >= 15 is 0 Å². The first-order chi connectivity index (χ1) is 15.1. The van der Waals surface area contributed by atoms with E-state index in [0.29, 0.717) is 11.3 Å². The smallest absolute Gasteiger partial charge is 0.365 e. The van der Waals surface area contributed by atoms with E-state index in [1.165, 1.54) is 13.8 Å². The van der Waals surface area contributed by atoms with Crippen LogP contribution in [0.25, 0.3) is 10.2 Å². The molecule has 3 aromatic rings. The molecule has 2 amide bonds. The van der Waals surface area contributed by atoms with Gasteiger partial charge in [-0.25, -0.2) is 4.98 Å². The topological polar surface area (TPSA) is 103 Å². The standard InChI is InChI=1S/C18H14ClF6N5O2S/c1-6-5-8(17(20,21)22)27-16-10(6)12(13(33-16)15(26)32)28-9(31)3-4-30-7(2)11(19)14(29-30)18(23,24)25/h5H,3-4H2,1-2H3,(H2,26,32)(H,28,31). The van der Waals surface area contributed by atoms with Crippen LogP contribution in [0, 0.1) is 13.8 Å². The number of alkyl halides is 6. The molecule has 0 bridgehead atoms. The van der Waals surface area contributed by atoms with Crippen LogP contribution in [0.2, 0.25) is 5.02 Å². The van der Waals surface area contributed by atoms with Gasteiger partial charge in [0.05, 0.1) is 22.9 Å². The molecule has 178 valence electrons. The Morgan fingerprint density at radius 3 is 2.33 bits per heavy atom. The van der Waals surface area contributed by atoms with Gasteiger partial charge in [0.2, 0.25) is 5.91 Å². The van der Waals surface area contributed by atoms with Crippen LogP contribution in [0.3, 0.4) is 0 Å². The third kappa shape index (κ3) is 4.90. The molecule has 0 spiro atoms. The molecule has 33 heavy (non-hydrogen) atoms. The van der Waals surface area contributed by atoms with Crippen LogP contribution < -0.4 is 11.1 Å². The molecule has 15 heteroatoms. The van der Waals surface area contributed by atoms with Gasteiger partial charge in [0.15, 0.2) is 5.69 Å². The van der Waals surface area contributed by atoms with E-state index in [9.17, 15) is 35.9 Å². The Bertz CT molecular complexity index is 1260. The van der Waals surface area contributed by atoms with Gasteiger partial charge in [0.1, 0.15) is 15.4 Å². The van der Waals surface area contributed by atoms with E-state index in [2.05, 4.69) is 15.4 Å². The third-order valence-corrected chi connectivity index (χ3v) is 6.14. The molecule has 0 aliphatic rings. The number of amides is 2. The summed E-state index contributed by atoms with van der Waals surface area (Å²) in [4.78, 5) is 27.4. The number of nitrogens with two attached hydrogens (primary N) is 1. The molecule has 0 radical (unpaired) electrons. The largest absolute Gasteiger partial charge is 0.436 e. The summed E-state index contributed by atoms with van der Waals surface area (Å²) in [6.07, 6.45) is -9.88. The number of carbonyl (C=O) groups is 2. The number of thiophene rings is 1. The number of primary amides is 1. The van der Waals surface area contributed by atoms with Crippen LogP contribution in [0.1, 0.15) is 38.7 Å². The zero-order valence-electron chi connectivity index (χ0n) is 16.8. The number of nitrogens with one attached hydrogen (secondary N) is 1. The second-order valence-electron chi connectivity index (χ2n) is 6.94. The molecule has 0 fully saturated rings. The van der Waals surface area contributed by atoms with Crippen LogP contribution in [0.4, 0.5) is 32.0 Å². The average Bonchev–Trinajstić information content (AvgIpc) is 3.18. The Morgan fingerprint density at radius 2 is 1.82 bits per heavy atom. The number of hydrogen-bond acceptors (Lipinski definition) is 5. The molecule has 3 aromatic heterocycles. The first kappa shape index (κ1) is 24.8. The molecule has 0 saturated heterocycles. The number of nitrogens with zero attached hydrogens (tertiary/aromatic N) is 3. The van der Waals surface area contributed by atoms with E-state index in [0.717, 1.165) is 10.7 Å². The number of hydrogen-bond donors (Lipinski definition) is 2. The van der Waals surface area contributed by atoms with Gasteiger partial charge in [0, 0.05) is 11.8 Å². The zero-order chi connectivity index (χ0) is 24.9. The highest BCUT2D eigenvalue weighted by Gasteiger charge is 2.38. The molecule has 3 N–H and O–H groups in total. The summed E-state index contributed by atoms with van der Waals surface area (Å²) in [5.74, 6) is -1.73. The van der Waals surface area contributed by atoms with Crippen LogP contribution in [-0.2, 0) is 23.7 Å². The zero-order valence-corrected chi connectivity index (χ0v) is 18.4. The van der Waals surface area contributed by atoms with Gasteiger partial charge in [-0.3, -0.25) is 14.3 Å². The lowest BCUT2D eigenvalue weighted by Gasteiger charge is -2.10. The maximum absolute atomic E-state index is 13.1. The van der Waals surface area contributed by atoms with Crippen LogP contribution >= 0.6 is 22.9 Å². The summed E-state index contributed by atoms with van der Waals surface area (Å²) in [5.41, 5.74) is 2.82. The molecule has 0 aliphatic heterocycles. The number of anilines is 1. The predicted molar refractivity (Wildman–Crippen MR) is 108 cm³/mol. The van der Waals surface area contributed by atoms with Crippen molar-refractivity contribution in [1.29, 1.82) is 0 Å². The molecule has 3 heterocycles. The van der Waals surface area contributed by atoms with Gasteiger partial charge in [-0.15, -0.1) is 11.3 Å². The van der Waals surface area contributed by atoms with Crippen molar-refractivity contribution in [2.24, 2.45) is 5.73 Å². The van der Waals surface area contributed by atoms with Crippen molar-refractivity contribution in [3.05, 3.63) is 38.6 Å². The van der Waals surface area contributed by atoms with Crippen molar-refractivity contribution in [2.45, 2.75) is 39.2 Å². The van der Waals surface area contributed by atoms with E-state index in [4.69, 9.17) is 17.3 Å². The normalized spacial score (nSPS) is 12.4. The second kappa shape index (κ2) is 8.48. The lowest BCUT2D eigenvalue weighted by molar-refractivity contribution is -0.142. The minimum Gasteiger partial charge on any atom is -0.365 e. The van der Waals surface area contributed by atoms with Crippen molar-refractivity contribution >= 4 is 50.7 Å². The highest BCUT2D eigenvalue weighted by atomic mass is 35.5. The van der Waals surface area contributed by atoms with Gasteiger partial charge in [0.25, 0.3) is 5.91 Å². The maximum atomic E-state index is 13.1. The van der Waals surface area contributed by atoms with Crippen molar-refractivity contribution < 1.29 is 35.9 Å². The van der Waals surface area contributed by atoms with E-state index in [1.54, 1.807) is 0 Å². The molecular weight excluding hydrogens is 500 g/mol. The molecule has 3 rings (SSSR count). The SMILES string of the molecule is Cc1cc(C(F)(F)F)nc2sc(C(N)=O)c(NC(=O)CCn3nc(C(F)(F)F)c(Cl)c3C)c12. The Morgan fingerprint density at radius 1 is 1.18 bits per heavy atom. The minimum atomic E-state index is -4.78. The van der Waals surface area contributed by atoms with Crippen molar-refractivity contribution in [2.75, 3.05) is 5.32 Å². The molecule has 0 saturated carbocycles. The van der Waals surface area contributed by atoms with Crippen LogP contribution in [-0.4, -0.2) is 26.6 Å². The number of halogens is 7. The monoisotopic (exact) mass is 513 g/mol. The highest BCUT2D eigenvalue weighted by Crippen LogP contribution is 2.40. The summed E-state index contributed by atoms with van der Waals surface area (Å²) < 4.78 is 78.9. The van der Waals surface area contributed by atoms with Gasteiger partial charge < -0.3 is 11.1 Å². The summed E-state index contributed by atoms with van der Waals surface area (Å²) in [6, 6.07) is 0.767. The number of rotatable bonds is 5. The number of fused-ring (bicyclic) bond motifs is 1. The van der Waals surface area contributed by atoms with Gasteiger partial charge in [-0.1, -0.05) is 11.6 Å². The molecular formula is C18H14ClF6N5O2S. The summed E-state index contributed by atoms with van der Waals surface area (Å²) in [6.45, 7) is 2.37. The second-order valence-corrected chi connectivity index (χ2v) is 8.32. The lowest BCUT2D eigenvalue weighted by Crippen LogP contribution is -2.19. The van der Waals surface area contributed by atoms with Gasteiger partial charge >= 0.3 is 12.4 Å². The number of carbonyl (C=O) groups excluding carboxylic acids is 2. The maximum Gasteiger partial charge on any atom is 0.436 e. The fraction of sp³-hybridized carbons (Fsp3) is 0.333. The van der Waals surface area contributed by atoms with E-state index in [1.807, 2.05) is 0 Å². The Balaban J connectivity index is 1.90. The number of aromatic nitrogens is 3. The van der Waals surface area contributed by atoms with Gasteiger partial charge in [-0.2, -0.15) is 31.4 Å². The molecule has 0 unspecified atom stereocenters. The van der Waals surface area contributed by atoms with Crippen molar-refractivity contribution in [3.63, 3.8) is 0 Å². The predicted octanol–water partition coefficient (Wildman–Crippen LogP) is 4.93. The van der Waals surface area contributed by atoms with E-state index in [-0.39, 0.29) is 45.0 Å². The summed E-state index contributed by atoms with van der Waals surface area (Å²) in [5, 5.41) is 5.30. The quantitative estimate of drug-likeness (QED) is 0.472. The molecule has 0 aromatic carbocycles. The lowest BCUT2D eigenvalue weighted by atomic mass is 10.1. The third-order valence-electron chi connectivity index (χ3n) is 4.59. The Labute approximate surface area is 190 Å². The average molecular weight is 514 g/mol. The fourth-order valence-electron chi connectivity index (χ4n) is 3.05.